The van der Waals surface area contributed by atoms with Gasteiger partial charge in [-0.3, -0.25) is 0 Å². The Kier molecular flexibility index (Phi) is 4.43. The normalized spacial score (nSPS) is 10.2. The Morgan fingerprint density at radius 3 is 2.64 bits per heavy atom. The maximum Gasteiger partial charge on any atom is 0.122 e. The highest BCUT2D eigenvalue weighted by atomic mass is 16.6. The second-order valence-corrected chi connectivity index (χ2v) is 3.02. The third-order valence-corrected chi connectivity index (χ3v) is 2.15. The summed E-state index contributed by atoms with van der Waals surface area (Å²) in [7, 11) is 3.31. The van der Waals surface area contributed by atoms with Gasteiger partial charge in [0, 0.05) is 6.54 Å². The number of rotatable bonds is 5. The van der Waals surface area contributed by atoms with E-state index in [2.05, 4.69) is 18.5 Å². The van der Waals surface area contributed by atoms with E-state index < -0.39 is 0 Å². The minimum atomic E-state index is 0.716. The van der Waals surface area contributed by atoms with E-state index in [1.54, 1.807) is 14.2 Å². The molecule has 3 heteroatoms. The first-order chi connectivity index (χ1) is 6.81. The number of methoxy groups -OCH3 is 1. The molecule has 3 nitrogen and oxygen atoms in total. The van der Waals surface area contributed by atoms with Crippen molar-refractivity contribution in [1.29, 1.82) is 0 Å². The highest BCUT2D eigenvalue weighted by Crippen LogP contribution is 2.20. The van der Waals surface area contributed by atoms with E-state index in [9.17, 15) is 0 Å². The summed E-state index contributed by atoms with van der Waals surface area (Å²) in [6.07, 6.45) is 0.976. The molecule has 0 saturated carbocycles. The summed E-state index contributed by atoms with van der Waals surface area (Å²) in [5.41, 5.74) is 5.24. The predicted octanol–water partition coefficient (Wildman–Crippen LogP) is 1.91. The minimum absolute atomic E-state index is 0.716. The summed E-state index contributed by atoms with van der Waals surface area (Å²) < 4.78 is 5.24. The molecule has 1 aromatic rings. The van der Waals surface area contributed by atoms with E-state index in [-0.39, 0.29) is 0 Å². The lowest BCUT2D eigenvalue weighted by atomic mass is 10.1. The first-order valence-corrected chi connectivity index (χ1v) is 4.73. The Bertz CT molecular complexity index is 287. The summed E-state index contributed by atoms with van der Waals surface area (Å²) >= 11 is 0. The minimum Gasteiger partial charge on any atom is -0.496 e. The van der Waals surface area contributed by atoms with E-state index >= 15 is 0 Å². The molecule has 0 aromatic heterocycles. The van der Waals surface area contributed by atoms with Crippen LogP contribution in [0.15, 0.2) is 18.2 Å². The molecule has 0 radical (unpaired) electrons. The molecule has 0 atom stereocenters. The fraction of sp³-hybridized carbons (Fsp3) is 0.455. The van der Waals surface area contributed by atoms with E-state index in [0.717, 1.165) is 12.2 Å². The summed E-state index contributed by atoms with van der Waals surface area (Å²) in [5.74, 6) is 0.952. The van der Waals surface area contributed by atoms with Gasteiger partial charge in [0.15, 0.2) is 0 Å². The van der Waals surface area contributed by atoms with Gasteiger partial charge in [0.05, 0.1) is 14.2 Å². The van der Waals surface area contributed by atoms with Crippen molar-refractivity contribution in [2.24, 2.45) is 0 Å². The van der Waals surface area contributed by atoms with Crippen LogP contribution >= 0.6 is 0 Å². The van der Waals surface area contributed by atoms with Crippen molar-refractivity contribution >= 4 is 0 Å². The van der Waals surface area contributed by atoms with Crippen molar-refractivity contribution in [2.45, 2.75) is 19.9 Å². The highest BCUT2D eigenvalue weighted by molar-refractivity contribution is 5.37. The molecule has 0 aliphatic carbocycles. The van der Waals surface area contributed by atoms with Crippen LogP contribution in [0.5, 0.6) is 5.75 Å². The molecule has 0 heterocycles. The third-order valence-electron chi connectivity index (χ3n) is 2.15. The van der Waals surface area contributed by atoms with Crippen molar-refractivity contribution in [2.75, 3.05) is 14.2 Å². The van der Waals surface area contributed by atoms with Crippen LogP contribution in [-0.4, -0.2) is 14.2 Å². The number of aryl methyl sites for hydroxylation is 1. The molecule has 0 saturated heterocycles. The van der Waals surface area contributed by atoms with Gasteiger partial charge in [-0.25, -0.2) is 0 Å². The topological polar surface area (TPSA) is 30.5 Å². The molecule has 14 heavy (non-hydrogen) atoms. The Balaban J connectivity index is 2.79. The van der Waals surface area contributed by atoms with Crippen LogP contribution in [0.3, 0.4) is 0 Å². The van der Waals surface area contributed by atoms with E-state index in [0.29, 0.717) is 6.54 Å². The van der Waals surface area contributed by atoms with Gasteiger partial charge >= 0.3 is 0 Å². The van der Waals surface area contributed by atoms with Crippen molar-refractivity contribution < 1.29 is 9.57 Å². The zero-order valence-electron chi connectivity index (χ0n) is 8.96. The molecule has 1 aromatic carbocycles. The highest BCUT2D eigenvalue weighted by Gasteiger charge is 2.01. The molecule has 0 aliphatic heterocycles. The summed E-state index contributed by atoms with van der Waals surface area (Å²) in [4.78, 5) is 4.79. The van der Waals surface area contributed by atoms with Gasteiger partial charge in [0.2, 0.25) is 0 Å². The van der Waals surface area contributed by atoms with Gasteiger partial charge in [-0.1, -0.05) is 19.1 Å². The molecule has 1 rings (SSSR count). The lowest BCUT2D eigenvalue weighted by molar-refractivity contribution is 0.0867. The first-order valence-electron chi connectivity index (χ1n) is 4.73. The van der Waals surface area contributed by atoms with E-state index in [1.807, 2.05) is 12.1 Å². The zero-order valence-corrected chi connectivity index (χ0v) is 8.96. The molecular formula is C11H17NO2. The number of benzene rings is 1. The van der Waals surface area contributed by atoms with E-state index in [4.69, 9.17) is 9.57 Å². The fourth-order valence-electron chi connectivity index (χ4n) is 1.37. The molecule has 0 unspecified atom stereocenters. The quantitative estimate of drug-likeness (QED) is 0.728. The molecular weight excluding hydrogens is 178 g/mol. The predicted molar refractivity (Wildman–Crippen MR) is 56.2 cm³/mol. The Morgan fingerprint density at radius 2 is 2.07 bits per heavy atom. The molecule has 0 bridgehead atoms. The second kappa shape index (κ2) is 5.62. The van der Waals surface area contributed by atoms with Crippen LogP contribution in [0.1, 0.15) is 18.1 Å². The molecule has 78 valence electrons. The average molecular weight is 195 g/mol. The smallest absolute Gasteiger partial charge is 0.122 e. The van der Waals surface area contributed by atoms with Gasteiger partial charge in [0.25, 0.3) is 0 Å². The van der Waals surface area contributed by atoms with Crippen LogP contribution in [0.25, 0.3) is 0 Å². The average Bonchev–Trinajstić information content (AvgIpc) is 2.25. The number of nitrogens with one attached hydrogen (secondary N) is 1. The summed E-state index contributed by atoms with van der Waals surface area (Å²) in [6.45, 7) is 2.83. The molecule has 1 N–H and O–H groups in total. The molecule has 0 spiro atoms. The van der Waals surface area contributed by atoms with Crippen LogP contribution in [0, 0.1) is 0 Å². The molecule has 0 aliphatic rings. The monoisotopic (exact) mass is 195 g/mol. The van der Waals surface area contributed by atoms with Crippen LogP contribution in [-0.2, 0) is 17.8 Å². The van der Waals surface area contributed by atoms with Gasteiger partial charge < -0.3 is 9.57 Å². The van der Waals surface area contributed by atoms with Crippen LogP contribution in [0.4, 0.5) is 0 Å². The summed E-state index contributed by atoms with van der Waals surface area (Å²) in [5, 5.41) is 0. The zero-order chi connectivity index (χ0) is 10.4. The fourth-order valence-corrected chi connectivity index (χ4v) is 1.37. The Morgan fingerprint density at radius 1 is 1.29 bits per heavy atom. The number of hydrogen-bond donors (Lipinski definition) is 1. The van der Waals surface area contributed by atoms with Gasteiger partial charge in [-0.05, 0) is 23.6 Å². The largest absolute Gasteiger partial charge is 0.496 e. The van der Waals surface area contributed by atoms with Gasteiger partial charge in [-0.15, -0.1) is 0 Å². The molecule has 0 amide bonds. The molecule has 0 fully saturated rings. The maximum absolute atomic E-state index is 5.24. The van der Waals surface area contributed by atoms with Crippen LogP contribution < -0.4 is 10.2 Å². The van der Waals surface area contributed by atoms with Crippen molar-refractivity contribution in [3.05, 3.63) is 29.3 Å². The SMILES string of the molecule is CCc1cc(CNOC)ccc1OC. The van der Waals surface area contributed by atoms with Crippen LogP contribution in [0.2, 0.25) is 0 Å². The number of hydroxylamine groups is 1. The second-order valence-electron chi connectivity index (χ2n) is 3.02. The Labute approximate surface area is 85.0 Å². The maximum atomic E-state index is 5.24. The summed E-state index contributed by atoms with van der Waals surface area (Å²) in [6, 6.07) is 6.15. The lowest BCUT2D eigenvalue weighted by Crippen LogP contribution is -2.10. The van der Waals surface area contributed by atoms with Gasteiger partial charge in [0.1, 0.15) is 5.75 Å². The number of ether oxygens (including phenoxy) is 1. The Hall–Kier alpha value is -1.06. The third kappa shape index (κ3) is 2.72. The van der Waals surface area contributed by atoms with Crippen molar-refractivity contribution in [3.8, 4) is 5.75 Å². The van der Waals surface area contributed by atoms with Crippen molar-refractivity contribution in [3.63, 3.8) is 0 Å². The van der Waals surface area contributed by atoms with Crippen molar-refractivity contribution in [1.82, 2.24) is 5.48 Å². The lowest BCUT2D eigenvalue weighted by Gasteiger charge is -2.09. The standard InChI is InChI=1S/C11H17NO2/c1-4-10-7-9(8-12-14-3)5-6-11(10)13-2/h5-7,12H,4,8H2,1-3H3. The van der Waals surface area contributed by atoms with Gasteiger partial charge in [-0.2, -0.15) is 5.48 Å². The first kappa shape index (κ1) is 11.0. The van der Waals surface area contributed by atoms with E-state index in [1.165, 1.54) is 11.1 Å². The number of hydrogen-bond acceptors (Lipinski definition) is 3.